The van der Waals surface area contributed by atoms with E-state index in [1.807, 2.05) is 19.1 Å². The maximum Gasteiger partial charge on any atom is 0.261 e. The van der Waals surface area contributed by atoms with Crippen LogP contribution in [0.25, 0.3) is 0 Å². The minimum Gasteiger partial charge on any atom is -0.346 e. The molecule has 2 N–H and O–H groups in total. The smallest absolute Gasteiger partial charge is 0.261 e. The minimum absolute atomic E-state index is 0.158. The molecule has 0 saturated heterocycles. The van der Waals surface area contributed by atoms with E-state index < -0.39 is 10.0 Å². The van der Waals surface area contributed by atoms with Crippen molar-refractivity contribution in [3.05, 3.63) is 89.7 Å². The lowest BCUT2D eigenvalue weighted by atomic mass is 10.2. The topological polar surface area (TPSA) is 88.2 Å². The summed E-state index contributed by atoms with van der Waals surface area (Å²) in [5.74, 6) is -0.305. The SMILES string of the molecule is Cc1cccnc1CNC(=O)c1cccc(NS(=O)(=O)c2ccccc2)c1. The molecule has 3 aromatic rings. The lowest BCUT2D eigenvalue weighted by Gasteiger charge is -2.10. The molecule has 0 atom stereocenters. The van der Waals surface area contributed by atoms with E-state index in [1.54, 1.807) is 42.6 Å². The standard InChI is InChI=1S/C20H19N3O3S/c1-15-7-6-12-21-19(15)14-22-20(24)16-8-5-9-17(13-16)23-27(25,26)18-10-3-2-4-11-18/h2-13,23H,14H2,1H3,(H,22,24). The number of carbonyl (C=O) groups is 1. The van der Waals surface area contributed by atoms with Crippen molar-refractivity contribution in [2.24, 2.45) is 0 Å². The monoisotopic (exact) mass is 381 g/mol. The Balaban J connectivity index is 1.72. The molecule has 0 radical (unpaired) electrons. The fourth-order valence-corrected chi connectivity index (χ4v) is 3.58. The Kier molecular flexibility index (Phi) is 5.52. The molecule has 6 nitrogen and oxygen atoms in total. The zero-order chi connectivity index (χ0) is 19.3. The van der Waals surface area contributed by atoms with Crippen LogP contribution >= 0.6 is 0 Å². The van der Waals surface area contributed by atoms with E-state index >= 15 is 0 Å². The highest BCUT2D eigenvalue weighted by Crippen LogP contribution is 2.17. The highest BCUT2D eigenvalue weighted by Gasteiger charge is 2.14. The largest absolute Gasteiger partial charge is 0.346 e. The average molecular weight is 381 g/mol. The van der Waals surface area contributed by atoms with Gasteiger partial charge in [0.05, 0.1) is 17.1 Å². The molecule has 0 aliphatic heterocycles. The Labute approximate surface area is 158 Å². The van der Waals surface area contributed by atoms with Crippen LogP contribution in [0.5, 0.6) is 0 Å². The summed E-state index contributed by atoms with van der Waals surface area (Å²) in [6.45, 7) is 2.22. The molecule has 0 saturated carbocycles. The number of aryl methyl sites for hydroxylation is 1. The van der Waals surface area contributed by atoms with E-state index in [0.717, 1.165) is 11.3 Å². The van der Waals surface area contributed by atoms with Crippen molar-refractivity contribution in [2.45, 2.75) is 18.4 Å². The van der Waals surface area contributed by atoms with Gasteiger partial charge in [-0.15, -0.1) is 0 Å². The summed E-state index contributed by atoms with van der Waals surface area (Å²) in [6.07, 6.45) is 1.67. The van der Waals surface area contributed by atoms with Gasteiger partial charge in [0.1, 0.15) is 0 Å². The molecule has 3 rings (SSSR count). The van der Waals surface area contributed by atoms with Gasteiger partial charge >= 0.3 is 0 Å². The number of nitrogens with one attached hydrogen (secondary N) is 2. The lowest BCUT2D eigenvalue weighted by molar-refractivity contribution is 0.0950. The van der Waals surface area contributed by atoms with Crippen molar-refractivity contribution in [1.82, 2.24) is 10.3 Å². The van der Waals surface area contributed by atoms with Gasteiger partial charge in [-0.3, -0.25) is 14.5 Å². The van der Waals surface area contributed by atoms with E-state index in [1.165, 1.54) is 18.2 Å². The normalized spacial score (nSPS) is 11.0. The number of anilines is 1. The van der Waals surface area contributed by atoms with E-state index in [4.69, 9.17) is 0 Å². The predicted molar refractivity (Wildman–Crippen MR) is 104 cm³/mol. The molecule has 138 valence electrons. The van der Waals surface area contributed by atoms with Gasteiger partial charge < -0.3 is 5.32 Å². The predicted octanol–water partition coefficient (Wildman–Crippen LogP) is 3.12. The highest BCUT2D eigenvalue weighted by molar-refractivity contribution is 7.92. The first-order valence-electron chi connectivity index (χ1n) is 8.32. The molecule has 27 heavy (non-hydrogen) atoms. The Morgan fingerprint density at radius 3 is 2.52 bits per heavy atom. The second kappa shape index (κ2) is 8.01. The zero-order valence-corrected chi connectivity index (χ0v) is 15.5. The van der Waals surface area contributed by atoms with Gasteiger partial charge in [-0.1, -0.05) is 30.3 Å². The molecular weight excluding hydrogens is 362 g/mol. The summed E-state index contributed by atoms with van der Waals surface area (Å²) < 4.78 is 27.3. The molecule has 1 heterocycles. The van der Waals surface area contributed by atoms with Crippen LogP contribution < -0.4 is 10.0 Å². The summed E-state index contributed by atoms with van der Waals surface area (Å²) in [5, 5.41) is 2.80. The average Bonchev–Trinajstić information content (AvgIpc) is 2.68. The van der Waals surface area contributed by atoms with Crippen molar-refractivity contribution in [3.63, 3.8) is 0 Å². The number of hydrogen-bond acceptors (Lipinski definition) is 4. The van der Waals surface area contributed by atoms with Gasteiger partial charge in [0.15, 0.2) is 0 Å². The third-order valence-electron chi connectivity index (χ3n) is 3.96. The van der Waals surface area contributed by atoms with E-state index in [9.17, 15) is 13.2 Å². The van der Waals surface area contributed by atoms with Crippen LogP contribution in [0, 0.1) is 6.92 Å². The third-order valence-corrected chi connectivity index (χ3v) is 5.36. The Bertz CT molecular complexity index is 1050. The second-order valence-electron chi connectivity index (χ2n) is 5.95. The molecule has 0 spiro atoms. The number of rotatable bonds is 6. The van der Waals surface area contributed by atoms with Gasteiger partial charge in [-0.05, 0) is 48.9 Å². The van der Waals surface area contributed by atoms with Gasteiger partial charge in [0.25, 0.3) is 15.9 Å². The van der Waals surface area contributed by atoms with Crippen molar-refractivity contribution in [2.75, 3.05) is 4.72 Å². The Morgan fingerprint density at radius 1 is 1.00 bits per heavy atom. The molecule has 1 amide bonds. The molecule has 0 aliphatic carbocycles. The van der Waals surface area contributed by atoms with E-state index in [2.05, 4.69) is 15.0 Å². The van der Waals surface area contributed by atoms with E-state index in [0.29, 0.717) is 17.8 Å². The van der Waals surface area contributed by atoms with Gasteiger partial charge in [-0.2, -0.15) is 0 Å². The number of benzene rings is 2. The van der Waals surface area contributed by atoms with Crippen LogP contribution in [-0.4, -0.2) is 19.3 Å². The first kappa shape index (κ1) is 18.6. The van der Waals surface area contributed by atoms with Crippen LogP contribution in [0.15, 0.2) is 77.8 Å². The minimum atomic E-state index is -3.71. The van der Waals surface area contributed by atoms with Crippen molar-refractivity contribution < 1.29 is 13.2 Å². The molecule has 0 bridgehead atoms. The van der Waals surface area contributed by atoms with E-state index in [-0.39, 0.29) is 10.8 Å². The molecule has 0 unspecified atom stereocenters. The number of sulfonamides is 1. The van der Waals surface area contributed by atoms with Gasteiger partial charge in [0, 0.05) is 17.4 Å². The quantitative estimate of drug-likeness (QED) is 0.687. The van der Waals surface area contributed by atoms with Crippen molar-refractivity contribution in [1.29, 1.82) is 0 Å². The summed E-state index contributed by atoms with van der Waals surface area (Å²) >= 11 is 0. The highest BCUT2D eigenvalue weighted by atomic mass is 32.2. The van der Waals surface area contributed by atoms with Gasteiger partial charge in [0.2, 0.25) is 0 Å². The zero-order valence-electron chi connectivity index (χ0n) is 14.7. The Morgan fingerprint density at radius 2 is 1.78 bits per heavy atom. The number of hydrogen-bond donors (Lipinski definition) is 2. The third kappa shape index (κ3) is 4.71. The second-order valence-corrected chi connectivity index (χ2v) is 7.63. The molecule has 0 fully saturated rings. The number of carbonyl (C=O) groups excluding carboxylic acids is 1. The summed E-state index contributed by atoms with van der Waals surface area (Å²) in [6, 6.07) is 18.2. The van der Waals surface area contributed by atoms with Gasteiger partial charge in [-0.25, -0.2) is 8.42 Å². The van der Waals surface area contributed by atoms with Crippen LogP contribution in [0.1, 0.15) is 21.6 Å². The number of pyridine rings is 1. The van der Waals surface area contributed by atoms with Crippen molar-refractivity contribution >= 4 is 21.6 Å². The molecule has 0 aliphatic rings. The fourth-order valence-electron chi connectivity index (χ4n) is 2.51. The van der Waals surface area contributed by atoms with Crippen LogP contribution in [0.3, 0.4) is 0 Å². The lowest BCUT2D eigenvalue weighted by Crippen LogP contribution is -2.24. The number of nitrogens with zero attached hydrogens (tertiary/aromatic N) is 1. The number of amides is 1. The maximum absolute atomic E-state index is 12.4. The molecule has 2 aromatic carbocycles. The fraction of sp³-hybridized carbons (Fsp3) is 0.100. The first-order valence-corrected chi connectivity index (χ1v) is 9.81. The summed E-state index contributed by atoms with van der Waals surface area (Å²) in [4.78, 5) is 16.8. The number of aromatic nitrogens is 1. The maximum atomic E-state index is 12.4. The van der Waals surface area contributed by atoms with Crippen molar-refractivity contribution in [3.8, 4) is 0 Å². The summed E-state index contributed by atoms with van der Waals surface area (Å²) in [5.41, 5.74) is 2.45. The van der Waals surface area contributed by atoms with Crippen LogP contribution in [-0.2, 0) is 16.6 Å². The molecule has 7 heteroatoms. The Hall–Kier alpha value is -3.19. The first-order chi connectivity index (χ1) is 13.0. The molecule has 1 aromatic heterocycles. The van der Waals surface area contributed by atoms with Crippen LogP contribution in [0.2, 0.25) is 0 Å². The summed E-state index contributed by atoms with van der Waals surface area (Å²) in [7, 11) is -3.71. The molecular formula is C20H19N3O3S. The van der Waals surface area contributed by atoms with Crippen LogP contribution in [0.4, 0.5) is 5.69 Å².